The highest BCUT2D eigenvalue weighted by Gasteiger charge is 2.11. The van der Waals surface area contributed by atoms with E-state index in [0.29, 0.717) is 13.1 Å². The number of nitrogens with zero attached hydrogens (tertiary/aromatic N) is 1. The molecule has 0 spiro atoms. The molecule has 0 aromatic heterocycles. The molecule has 0 atom stereocenters. The van der Waals surface area contributed by atoms with Gasteiger partial charge in [0.2, 0.25) is 10.0 Å². The van der Waals surface area contributed by atoms with Crippen molar-refractivity contribution < 1.29 is 13.2 Å². The highest BCUT2D eigenvalue weighted by atomic mass is 32.2. The third-order valence-corrected chi connectivity index (χ3v) is 4.92. The summed E-state index contributed by atoms with van der Waals surface area (Å²) in [4.78, 5) is 4.48. The molecule has 2 aromatic rings. The number of nitrogens with two attached hydrogens (primary N) is 1. The molecule has 4 N–H and O–H groups in total. The molecule has 2 rings (SSSR count). The predicted octanol–water partition coefficient (Wildman–Crippen LogP) is 1.92. The quantitative estimate of drug-likeness (QED) is 0.515. The van der Waals surface area contributed by atoms with Gasteiger partial charge in [-0.2, -0.15) is 0 Å². The van der Waals surface area contributed by atoms with Gasteiger partial charge in [0, 0.05) is 12.2 Å². The van der Waals surface area contributed by atoms with Gasteiger partial charge >= 0.3 is 0 Å². The number of benzene rings is 2. The van der Waals surface area contributed by atoms with Crippen LogP contribution in [0.2, 0.25) is 0 Å². The van der Waals surface area contributed by atoms with Gasteiger partial charge in [-0.3, -0.25) is 0 Å². The molecule has 25 heavy (non-hydrogen) atoms. The van der Waals surface area contributed by atoms with Crippen molar-refractivity contribution in [1.82, 2.24) is 4.72 Å². The van der Waals surface area contributed by atoms with Crippen molar-refractivity contribution in [3.8, 4) is 5.75 Å². The molecule has 0 radical (unpaired) electrons. The van der Waals surface area contributed by atoms with Crippen LogP contribution in [0.4, 0.5) is 5.69 Å². The molecule has 0 bridgehead atoms. The topological polar surface area (TPSA) is 106 Å². The summed E-state index contributed by atoms with van der Waals surface area (Å²) in [6.45, 7) is 2.43. The zero-order valence-corrected chi connectivity index (χ0v) is 15.0. The molecular weight excluding hydrogens is 340 g/mol. The Bertz CT molecular complexity index is 816. The van der Waals surface area contributed by atoms with Gasteiger partial charge in [-0.05, 0) is 42.0 Å². The van der Waals surface area contributed by atoms with E-state index in [2.05, 4.69) is 15.0 Å². The number of hydrogen-bond acceptors (Lipinski definition) is 4. The summed E-state index contributed by atoms with van der Waals surface area (Å²) in [5.74, 6) is 1.03. The van der Waals surface area contributed by atoms with E-state index in [-0.39, 0.29) is 10.9 Å². The van der Waals surface area contributed by atoms with Gasteiger partial charge < -0.3 is 15.8 Å². The lowest BCUT2D eigenvalue weighted by Gasteiger charge is -2.07. The molecule has 134 valence electrons. The first kappa shape index (κ1) is 18.8. The Balaban J connectivity index is 1.98. The second-order valence-corrected chi connectivity index (χ2v) is 6.97. The number of sulfonamides is 1. The second kappa shape index (κ2) is 8.50. The Kier molecular flexibility index (Phi) is 6.37. The minimum absolute atomic E-state index is 0.228. The van der Waals surface area contributed by atoms with Crippen LogP contribution in [0.15, 0.2) is 58.4 Å². The Morgan fingerprint density at radius 3 is 2.32 bits per heavy atom. The van der Waals surface area contributed by atoms with Crippen LogP contribution >= 0.6 is 0 Å². The van der Waals surface area contributed by atoms with Crippen molar-refractivity contribution >= 4 is 21.7 Å². The summed E-state index contributed by atoms with van der Waals surface area (Å²) in [5.41, 5.74) is 7.52. The van der Waals surface area contributed by atoms with Crippen LogP contribution in [-0.4, -0.2) is 28.0 Å². The number of anilines is 1. The van der Waals surface area contributed by atoms with E-state index in [0.717, 1.165) is 17.0 Å². The molecule has 0 aliphatic heterocycles. The van der Waals surface area contributed by atoms with Crippen LogP contribution in [0.25, 0.3) is 0 Å². The monoisotopic (exact) mass is 362 g/mol. The average molecular weight is 362 g/mol. The van der Waals surface area contributed by atoms with Crippen LogP contribution < -0.4 is 20.5 Å². The lowest BCUT2D eigenvalue weighted by molar-refractivity contribution is 0.415. The summed E-state index contributed by atoms with van der Waals surface area (Å²) in [5, 5.41) is 2.98. The third-order valence-electron chi connectivity index (χ3n) is 3.36. The van der Waals surface area contributed by atoms with Crippen molar-refractivity contribution in [2.75, 3.05) is 19.0 Å². The maximum Gasteiger partial charge on any atom is 0.240 e. The van der Waals surface area contributed by atoms with E-state index in [4.69, 9.17) is 10.5 Å². The molecule has 0 aliphatic rings. The van der Waals surface area contributed by atoms with Gasteiger partial charge in [-0.15, -0.1) is 0 Å². The Hall–Kier alpha value is -2.58. The highest BCUT2D eigenvalue weighted by molar-refractivity contribution is 7.89. The van der Waals surface area contributed by atoms with E-state index in [1.54, 1.807) is 38.3 Å². The lowest BCUT2D eigenvalue weighted by atomic mass is 10.2. The van der Waals surface area contributed by atoms with Crippen LogP contribution in [0.5, 0.6) is 5.75 Å². The number of guanidine groups is 1. The minimum Gasteiger partial charge on any atom is -0.497 e. The second-order valence-electron chi connectivity index (χ2n) is 5.20. The smallest absolute Gasteiger partial charge is 0.240 e. The number of ether oxygens (including phenoxy) is 1. The average Bonchev–Trinajstić information content (AvgIpc) is 2.61. The fraction of sp³-hybridized carbons (Fsp3) is 0.235. The van der Waals surface area contributed by atoms with E-state index in [1.807, 2.05) is 24.3 Å². The fourth-order valence-electron chi connectivity index (χ4n) is 2.09. The molecule has 7 nitrogen and oxygen atoms in total. The summed E-state index contributed by atoms with van der Waals surface area (Å²) < 4.78 is 31.3. The number of nitrogens with one attached hydrogen (secondary N) is 2. The zero-order chi connectivity index (χ0) is 18.3. The van der Waals surface area contributed by atoms with E-state index < -0.39 is 10.0 Å². The molecular formula is C17H22N4O3S. The maximum atomic E-state index is 11.9. The minimum atomic E-state index is -3.44. The highest BCUT2D eigenvalue weighted by Crippen LogP contribution is 2.15. The molecule has 2 aromatic carbocycles. The van der Waals surface area contributed by atoms with Crippen molar-refractivity contribution in [3.63, 3.8) is 0 Å². The van der Waals surface area contributed by atoms with Crippen molar-refractivity contribution in [1.29, 1.82) is 0 Å². The standard InChI is InChI=1S/C17H22N4O3S/c1-3-20-25(22,23)16-10-4-13(5-11-16)12-19-17(18)21-14-6-8-15(24-2)9-7-14/h4-11,20H,3,12H2,1-2H3,(H3,18,19,21). The van der Waals surface area contributed by atoms with Crippen LogP contribution in [-0.2, 0) is 16.6 Å². The largest absolute Gasteiger partial charge is 0.497 e. The molecule has 0 fully saturated rings. The molecule has 0 amide bonds. The summed E-state index contributed by atoms with van der Waals surface area (Å²) in [7, 11) is -1.83. The van der Waals surface area contributed by atoms with Gasteiger partial charge in [0.25, 0.3) is 0 Å². The molecule has 0 unspecified atom stereocenters. The fourth-order valence-corrected chi connectivity index (χ4v) is 3.13. The van der Waals surface area contributed by atoms with Crippen LogP contribution in [0, 0.1) is 0 Å². The van der Waals surface area contributed by atoms with E-state index in [9.17, 15) is 8.42 Å². The van der Waals surface area contributed by atoms with Crippen LogP contribution in [0.1, 0.15) is 12.5 Å². The Morgan fingerprint density at radius 2 is 1.76 bits per heavy atom. The molecule has 8 heteroatoms. The number of rotatable bonds is 7. The number of hydrogen-bond donors (Lipinski definition) is 3. The van der Waals surface area contributed by atoms with Crippen molar-refractivity contribution in [2.45, 2.75) is 18.4 Å². The van der Waals surface area contributed by atoms with Gasteiger partial charge in [-0.25, -0.2) is 18.1 Å². The van der Waals surface area contributed by atoms with Gasteiger partial charge in [0.15, 0.2) is 5.96 Å². The first-order chi connectivity index (χ1) is 11.9. The Morgan fingerprint density at radius 1 is 1.12 bits per heavy atom. The molecule has 0 aliphatic carbocycles. The van der Waals surface area contributed by atoms with Crippen molar-refractivity contribution in [3.05, 3.63) is 54.1 Å². The molecule has 0 saturated carbocycles. The normalized spacial score (nSPS) is 12.0. The van der Waals surface area contributed by atoms with E-state index >= 15 is 0 Å². The van der Waals surface area contributed by atoms with Gasteiger partial charge in [0.05, 0.1) is 18.6 Å². The summed E-state index contributed by atoms with van der Waals surface area (Å²) >= 11 is 0. The number of methoxy groups -OCH3 is 1. The third kappa shape index (κ3) is 5.47. The molecule has 0 heterocycles. The first-order valence-corrected chi connectivity index (χ1v) is 9.22. The SMILES string of the molecule is CCNS(=O)(=O)c1ccc(CN=C(N)Nc2ccc(OC)cc2)cc1. The lowest BCUT2D eigenvalue weighted by Crippen LogP contribution is -2.23. The summed E-state index contributed by atoms with van der Waals surface area (Å²) in [6.07, 6.45) is 0. The van der Waals surface area contributed by atoms with Crippen LogP contribution in [0.3, 0.4) is 0 Å². The first-order valence-electron chi connectivity index (χ1n) is 7.74. The Labute approximate surface area is 148 Å². The maximum absolute atomic E-state index is 11.9. The molecule has 0 saturated heterocycles. The summed E-state index contributed by atoms with van der Waals surface area (Å²) in [6, 6.07) is 13.8. The predicted molar refractivity (Wildman–Crippen MR) is 99.2 cm³/mol. The number of aliphatic imine (C=N–C) groups is 1. The van der Waals surface area contributed by atoms with Gasteiger partial charge in [0.1, 0.15) is 5.75 Å². The zero-order valence-electron chi connectivity index (χ0n) is 14.2. The van der Waals surface area contributed by atoms with Crippen molar-refractivity contribution in [2.24, 2.45) is 10.7 Å². The van der Waals surface area contributed by atoms with Gasteiger partial charge in [-0.1, -0.05) is 19.1 Å². The van der Waals surface area contributed by atoms with E-state index in [1.165, 1.54) is 0 Å².